The number of H-pyrrole nitrogens is 1. The number of halogens is 3. The molecule has 2 aromatic carbocycles. The molecular weight excluding hydrogens is 293 g/mol. The lowest BCUT2D eigenvalue weighted by Crippen LogP contribution is -2.21. The van der Waals surface area contributed by atoms with E-state index in [1.165, 1.54) is 18.2 Å². The van der Waals surface area contributed by atoms with Gasteiger partial charge in [-0.05, 0) is 18.2 Å². The normalized spacial score (nSPS) is 16.3. The van der Waals surface area contributed by atoms with Crippen molar-refractivity contribution in [3.8, 4) is 17.0 Å². The second-order valence-corrected chi connectivity index (χ2v) is 5.21. The third-order valence-electron chi connectivity index (χ3n) is 3.88. The summed E-state index contributed by atoms with van der Waals surface area (Å²) in [6, 6.07) is 6.14. The summed E-state index contributed by atoms with van der Waals surface area (Å²) in [4.78, 5) is 2.95. The molecule has 1 aliphatic rings. The van der Waals surface area contributed by atoms with Crippen LogP contribution in [0.3, 0.4) is 0 Å². The molecule has 3 aromatic rings. The average Bonchev–Trinajstić information content (AvgIpc) is 2.86. The van der Waals surface area contributed by atoms with E-state index in [4.69, 9.17) is 10.5 Å². The topological polar surface area (TPSA) is 51.0 Å². The van der Waals surface area contributed by atoms with Crippen molar-refractivity contribution in [2.24, 2.45) is 5.73 Å². The van der Waals surface area contributed by atoms with E-state index in [1.54, 1.807) is 6.07 Å². The minimum absolute atomic E-state index is 0.105. The van der Waals surface area contributed by atoms with Crippen LogP contribution in [0.1, 0.15) is 11.7 Å². The highest BCUT2D eigenvalue weighted by Gasteiger charge is 2.30. The van der Waals surface area contributed by atoms with Gasteiger partial charge in [0, 0.05) is 35.2 Å². The summed E-state index contributed by atoms with van der Waals surface area (Å²) in [5.74, 6) is -1.47. The molecule has 1 aliphatic heterocycles. The van der Waals surface area contributed by atoms with E-state index in [0.717, 1.165) is 6.07 Å². The fourth-order valence-corrected chi connectivity index (χ4v) is 2.97. The Labute approximate surface area is 123 Å². The molecule has 0 saturated carbocycles. The van der Waals surface area contributed by atoms with Crippen molar-refractivity contribution < 1.29 is 17.9 Å². The first-order valence-electron chi connectivity index (χ1n) is 6.75. The van der Waals surface area contributed by atoms with Crippen LogP contribution in [-0.4, -0.2) is 11.5 Å². The number of fused-ring (bicyclic) bond motifs is 5. The first-order valence-corrected chi connectivity index (χ1v) is 6.75. The monoisotopic (exact) mass is 304 g/mol. The fraction of sp³-hybridized carbons (Fsp3) is 0.125. The van der Waals surface area contributed by atoms with Gasteiger partial charge in [-0.15, -0.1) is 0 Å². The molecule has 1 atom stereocenters. The zero-order valence-corrected chi connectivity index (χ0v) is 11.3. The van der Waals surface area contributed by atoms with Gasteiger partial charge in [0.2, 0.25) is 0 Å². The van der Waals surface area contributed by atoms with Crippen molar-refractivity contribution in [3.63, 3.8) is 0 Å². The summed E-state index contributed by atoms with van der Waals surface area (Å²) in [5.41, 5.74) is 7.67. The predicted octanol–water partition coefficient (Wildman–Crippen LogP) is 3.64. The van der Waals surface area contributed by atoms with Gasteiger partial charge >= 0.3 is 0 Å². The number of aromatic amines is 1. The molecule has 0 saturated heterocycles. The Morgan fingerprint density at radius 1 is 1.09 bits per heavy atom. The molecule has 112 valence electrons. The molecule has 0 spiro atoms. The van der Waals surface area contributed by atoms with Crippen LogP contribution in [0.4, 0.5) is 13.2 Å². The first kappa shape index (κ1) is 13.2. The molecule has 22 heavy (non-hydrogen) atoms. The largest absolute Gasteiger partial charge is 0.483 e. The summed E-state index contributed by atoms with van der Waals surface area (Å²) in [6.07, 6.45) is -0.598. The van der Waals surface area contributed by atoms with E-state index in [2.05, 4.69) is 4.98 Å². The summed E-state index contributed by atoms with van der Waals surface area (Å²) in [7, 11) is 0. The lowest BCUT2D eigenvalue weighted by atomic mass is 9.97. The van der Waals surface area contributed by atoms with Gasteiger partial charge < -0.3 is 15.5 Å². The van der Waals surface area contributed by atoms with E-state index in [-0.39, 0.29) is 12.1 Å². The minimum Gasteiger partial charge on any atom is -0.483 e. The summed E-state index contributed by atoms with van der Waals surface area (Å²) in [6.45, 7) is 0.105. The summed E-state index contributed by atoms with van der Waals surface area (Å²) in [5, 5.41) is 0.387. The number of hydrogen-bond acceptors (Lipinski definition) is 2. The van der Waals surface area contributed by atoms with Crippen molar-refractivity contribution in [1.29, 1.82) is 0 Å². The Hall–Kier alpha value is -2.47. The molecule has 6 heteroatoms. The maximum absolute atomic E-state index is 14.0. The van der Waals surface area contributed by atoms with Gasteiger partial charge in [-0.1, -0.05) is 0 Å². The van der Waals surface area contributed by atoms with Gasteiger partial charge in [0.15, 0.2) is 0 Å². The van der Waals surface area contributed by atoms with Crippen LogP contribution >= 0.6 is 0 Å². The second kappa shape index (κ2) is 4.51. The molecule has 0 bridgehead atoms. The number of nitrogens with two attached hydrogens (primary N) is 1. The van der Waals surface area contributed by atoms with Crippen LogP contribution < -0.4 is 10.5 Å². The first-order chi connectivity index (χ1) is 10.6. The number of rotatable bonds is 1. The Morgan fingerprint density at radius 3 is 2.68 bits per heavy atom. The average molecular weight is 304 g/mol. The minimum atomic E-state index is -0.691. The van der Waals surface area contributed by atoms with Crippen LogP contribution in [0.2, 0.25) is 0 Å². The van der Waals surface area contributed by atoms with Gasteiger partial charge in [0.25, 0.3) is 0 Å². The highest BCUT2D eigenvalue weighted by molar-refractivity contribution is 5.93. The molecule has 0 amide bonds. The molecule has 0 radical (unpaired) electrons. The van der Waals surface area contributed by atoms with Gasteiger partial charge in [0.05, 0.1) is 11.2 Å². The van der Waals surface area contributed by atoms with Crippen LogP contribution in [0.5, 0.6) is 5.75 Å². The van der Waals surface area contributed by atoms with Gasteiger partial charge in [-0.2, -0.15) is 0 Å². The third-order valence-corrected chi connectivity index (χ3v) is 3.88. The fourth-order valence-electron chi connectivity index (χ4n) is 2.97. The zero-order valence-electron chi connectivity index (χ0n) is 11.3. The second-order valence-electron chi connectivity index (χ2n) is 5.21. The van der Waals surface area contributed by atoms with Gasteiger partial charge in [0.1, 0.15) is 29.3 Å². The molecule has 0 fully saturated rings. The van der Waals surface area contributed by atoms with Gasteiger partial charge in [-0.3, -0.25) is 0 Å². The number of benzene rings is 2. The molecule has 0 aliphatic carbocycles. The van der Waals surface area contributed by atoms with E-state index in [9.17, 15) is 13.2 Å². The maximum Gasteiger partial charge on any atom is 0.150 e. The molecule has 3 N–H and O–H groups in total. The standard InChI is InChI=1S/C16H11F3N2O/c17-7-1-2-9-12(5-7)22-13(6-20)14-10-3-8(18)4-11(19)15(10)21-16(9)14/h1-5,13,21H,6,20H2. The van der Waals surface area contributed by atoms with Crippen molar-refractivity contribution >= 4 is 10.9 Å². The quantitative estimate of drug-likeness (QED) is 0.721. The Kier molecular flexibility index (Phi) is 2.71. The molecule has 1 unspecified atom stereocenters. The van der Waals surface area contributed by atoms with E-state index in [1.807, 2.05) is 0 Å². The summed E-state index contributed by atoms with van der Waals surface area (Å²) < 4.78 is 46.6. The third kappa shape index (κ3) is 1.74. The SMILES string of the molecule is NCC1Oc2cc(F)ccc2-c2[nH]c3c(F)cc(F)cc3c21. The molecule has 1 aromatic heterocycles. The van der Waals surface area contributed by atoms with Crippen LogP contribution in [0.15, 0.2) is 30.3 Å². The van der Waals surface area contributed by atoms with E-state index < -0.39 is 23.6 Å². The van der Waals surface area contributed by atoms with E-state index >= 15 is 0 Å². The molecule has 3 nitrogen and oxygen atoms in total. The summed E-state index contributed by atoms with van der Waals surface area (Å²) >= 11 is 0. The lowest BCUT2D eigenvalue weighted by molar-refractivity contribution is 0.211. The molecular formula is C16H11F3N2O. The molecule has 4 rings (SSSR count). The number of aromatic nitrogens is 1. The smallest absolute Gasteiger partial charge is 0.150 e. The highest BCUT2D eigenvalue weighted by Crippen LogP contribution is 2.45. The van der Waals surface area contributed by atoms with Crippen LogP contribution in [0.25, 0.3) is 22.2 Å². The lowest BCUT2D eigenvalue weighted by Gasteiger charge is -2.25. The Balaban J connectivity index is 2.09. The van der Waals surface area contributed by atoms with E-state index in [0.29, 0.717) is 28.0 Å². The van der Waals surface area contributed by atoms with Gasteiger partial charge in [-0.25, -0.2) is 13.2 Å². The van der Waals surface area contributed by atoms with Crippen LogP contribution in [0, 0.1) is 17.5 Å². The Morgan fingerprint density at radius 2 is 1.91 bits per heavy atom. The number of hydrogen-bond donors (Lipinski definition) is 2. The van der Waals surface area contributed by atoms with Crippen molar-refractivity contribution in [2.75, 3.05) is 6.54 Å². The Bertz CT molecular complexity index is 904. The highest BCUT2D eigenvalue weighted by atomic mass is 19.1. The number of ether oxygens (including phenoxy) is 1. The van der Waals surface area contributed by atoms with Crippen molar-refractivity contribution in [3.05, 3.63) is 53.3 Å². The maximum atomic E-state index is 14.0. The number of nitrogens with one attached hydrogen (secondary N) is 1. The predicted molar refractivity (Wildman–Crippen MR) is 76.0 cm³/mol. The van der Waals surface area contributed by atoms with Crippen molar-refractivity contribution in [1.82, 2.24) is 4.98 Å². The van der Waals surface area contributed by atoms with Crippen molar-refractivity contribution in [2.45, 2.75) is 6.10 Å². The molecule has 2 heterocycles. The van der Waals surface area contributed by atoms with Crippen LogP contribution in [-0.2, 0) is 0 Å². The zero-order chi connectivity index (χ0) is 15.4.